The molecular formula is C8H15NO3S. The highest BCUT2D eigenvalue weighted by Gasteiger charge is 2.38. The Morgan fingerprint density at radius 3 is 2.31 bits per heavy atom. The van der Waals surface area contributed by atoms with Crippen molar-refractivity contribution in [2.45, 2.75) is 12.8 Å². The van der Waals surface area contributed by atoms with Gasteiger partial charge in [0.25, 0.3) is 0 Å². The van der Waals surface area contributed by atoms with Crippen molar-refractivity contribution in [3.05, 3.63) is 0 Å². The van der Waals surface area contributed by atoms with Gasteiger partial charge in [0.2, 0.25) is 10.0 Å². The van der Waals surface area contributed by atoms with Gasteiger partial charge in [-0.2, -0.15) is 0 Å². The third kappa shape index (κ3) is 2.03. The van der Waals surface area contributed by atoms with Crippen LogP contribution in [0.2, 0.25) is 0 Å². The van der Waals surface area contributed by atoms with E-state index in [2.05, 4.69) is 0 Å². The van der Waals surface area contributed by atoms with Crippen LogP contribution in [0.3, 0.4) is 0 Å². The molecule has 1 aliphatic heterocycles. The molecule has 0 bridgehead atoms. The predicted molar refractivity (Wildman–Crippen MR) is 48.7 cm³/mol. The Bertz CT molecular complexity index is 278. The summed E-state index contributed by atoms with van der Waals surface area (Å²) in [4.78, 5) is 0. The lowest BCUT2D eigenvalue weighted by Gasteiger charge is -2.36. The Kier molecular flexibility index (Phi) is 2.33. The molecule has 1 N–H and O–H groups in total. The zero-order valence-corrected chi connectivity index (χ0v) is 8.33. The van der Waals surface area contributed by atoms with E-state index in [1.54, 1.807) is 0 Å². The van der Waals surface area contributed by atoms with Crippen molar-refractivity contribution in [1.29, 1.82) is 0 Å². The molecule has 0 amide bonds. The fourth-order valence-corrected chi connectivity index (χ4v) is 3.57. The van der Waals surface area contributed by atoms with E-state index in [0.717, 1.165) is 12.8 Å². The summed E-state index contributed by atoms with van der Waals surface area (Å²) in [5, 5.41) is 8.74. The van der Waals surface area contributed by atoms with E-state index in [-0.39, 0.29) is 12.5 Å². The highest BCUT2D eigenvalue weighted by Crippen LogP contribution is 2.32. The lowest BCUT2D eigenvalue weighted by Crippen LogP contribution is -2.52. The number of nitrogens with zero attached hydrogens (tertiary/aromatic N) is 1. The van der Waals surface area contributed by atoms with Crippen molar-refractivity contribution in [2.75, 3.05) is 25.4 Å². The van der Waals surface area contributed by atoms with Crippen LogP contribution in [0.1, 0.15) is 12.8 Å². The minimum absolute atomic E-state index is 0.107. The number of aliphatic hydroxyl groups is 1. The van der Waals surface area contributed by atoms with Gasteiger partial charge in [0, 0.05) is 25.6 Å². The topological polar surface area (TPSA) is 57.6 Å². The highest BCUT2D eigenvalue weighted by atomic mass is 32.2. The average molecular weight is 205 g/mol. The maximum Gasteiger partial charge on any atom is 0.214 e. The molecule has 2 aliphatic rings. The average Bonchev–Trinajstić information content (AvgIpc) is 2.67. The van der Waals surface area contributed by atoms with Crippen molar-refractivity contribution in [2.24, 2.45) is 11.8 Å². The quantitative estimate of drug-likeness (QED) is 0.682. The van der Waals surface area contributed by atoms with Gasteiger partial charge in [0.05, 0.1) is 5.75 Å². The summed E-state index contributed by atoms with van der Waals surface area (Å²) >= 11 is 0. The Labute approximate surface area is 78.6 Å². The van der Waals surface area contributed by atoms with E-state index in [9.17, 15) is 8.42 Å². The van der Waals surface area contributed by atoms with Gasteiger partial charge >= 0.3 is 0 Å². The lowest BCUT2D eigenvalue weighted by atomic mass is 10.1. The SMILES string of the molecule is O=S(=O)(CC1CC1)N1CC(CO)C1. The molecule has 0 radical (unpaired) electrons. The monoisotopic (exact) mass is 205 g/mol. The summed E-state index contributed by atoms with van der Waals surface area (Å²) in [5.74, 6) is 0.915. The number of aliphatic hydroxyl groups excluding tert-OH is 1. The van der Waals surface area contributed by atoms with Crippen LogP contribution in [-0.4, -0.2) is 43.3 Å². The van der Waals surface area contributed by atoms with Crippen LogP contribution in [0, 0.1) is 11.8 Å². The fraction of sp³-hybridized carbons (Fsp3) is 1.00. The second-order valence-electron chi connectivity index (χ2n) is 4.09. The Hall–Kier alpha value is -0.130. The first-order valence-electron chi connectivity index (χ1n) is 4.70. The van der Waals surface area contributed by atoms with E-state index >= 15 is 0 Å². The molecule has 2 rings (SSSR count). The zero-order valence-electron chi connectivity index (χ0n) is 7.52. The van der Waals surface area contributed by atoms with Crippen molar-refractivity contribution < 1.29 is 13.5 Å². The molecular weight excluding hydrogens is 190 g/mol. The van der Waals surface area contributed by atoms with Gasteiger partial charge in [0.1, 0.15) is 0 Å². The molecule has 0 aromatic carbocycles. The number of hydrogen-bond donors (Lipinski definition) is 1. The molecule has 1 aliphatic carbocycles. The molecule has 1 heterocycles. The molecule has 0 aromatic heterocycles. The van der Waals surface area contributed by atoms with Crippen LogP contribution in [0.15, 0.2) is 0 Å². The maximum atomic E-state index is 11.6. The Morgan fingerprint density at radius 2 is 1.85 bits per heavy atom. The van der Waals surface area contributed by atoms with Gasteiger partial charge < -0.3 is 5.11 Å². The van der Waals surface area contributed by atoms with E-state index < -0.39 is 10.0 Å². The molecule has 76 valence electrons. The summed E-state index contributed by atoms with van der Waals surface area (Å²) in [6, 6.07) is 0. The van der Waals surface area contributed by atoms with Crippen molar-refractivity contribution in [1.82, 2.24) is 4.31 Å². The first-order valence-corrected chi connectivity index (χ1v) is 6.31. The summed E-state index contributed by atoms with van der Waals surface area (Å²) < 4.78 is 24.6. The van der Waals surface area contributed by atoms with E-state index in [1.165, 1.54) is 4.31 Å². The van der Waals surface area contributed by atoms with E-state index in [4.69, 9.17) is 5.11 Å². The van der Waals surface area contributed by atoms with E-state index in [0.29, 0.717) is 24.8 Å². The van der Waals surface area contributed by atoms with Gasteiger partial charge in [-0.25, -0.2) is 12.7 Å². The smallest absolute Gasteiger partial charge is 0.214 e. The van der Waals surface area contributed by atoms with Gasteiger partial charge in [-0.1, -0.05) is 0 Å². The normalized spacial score (nSPS) is 25.9. The number of sulfonamides is 1. The van der Waals surface area contributed by atoms with Crippen LogP contribution in [0.5, 0.6) is 0 Å². The summed E-state index contributed by atoms with van der Waals surface area (Å²) in [6.45, 7) is 1.15. The Balaban J connectivity index is 1.85. The molecule has 0 aromatic rings. The van der Waals surface area contributed by atoms with Gasteiger partial charge in [-0.15, -0.1) is 0 Å². The minimum Gasteiger partial charge on any atom is -0.396 e. The third-order valence-corrected chi connectivity index (χ3v) is 4.70. The lowest BCUT2D eigenvalue weighted by molar-refractivity contribution is 0.117. The largest absolute Gasteiger partial charge is 0.396 e. The van der Waals surface area contributed by atoms with Gasteiger partial charge in [0.15, 0.2) is 0 Å². The summed E-state index contributed by atoms with van der Waals surface area (Å²) in [5.41, 5.74) is 0. The fourth-order valence-electron chi connectivity index (χ4n) is 1.55. The minimum atomic E-state index is -2.98. The zero-order chi connectivity index (χ0) is 9.47. The molecule has 5 heteroatoms. The predicted octanol–water partition coefficient (Wildman–Crippen LogP) is -0.350. The summed E-state index contributed by atoms with van der Waals surface area (Å²) in [6.07, 6.45) is 2.13. The standard InChI is InChI=1S/C8H15NO3S/c10-5-8-3-9(4-8)13(11,12)6-7-1-2-7/h7-8,10H,1-6H2. The van der Waals surface area contributed by atoms with Gasteiger partial charge in [-0.05, 0) is 18.8 Å². The first-order chi connectivity index (χ1) is 6.12. The molecule has 0 atom stereocenters. The molecule has 4 nitrogen and oxygen atoms in total. The first kappa shape index (κ1) is 9.43. The van der Waals surface area contributed by atoms with Crippen LogP contribution in [-0.2, 0) is 10.0 Å². The molecule has 0 unspecified atom stereocenters. The van der Waals surface area contributed by atoms with Crippen LogP contribution >= 0.6 is 0 Å². The molecule has 1 saturated carbocycles. The van der Waals surface area contributed by atoms with Crippen molar-refractivity contribution >= 4 is 10.0 Å². The van der Waals surface area contributed by atoms with Crippen molar-refractivity contribution in [3.8, 4) is 0 Å². The number of hydrogen-bond acceptors (Lipinski definition) is 3. The second-order valence-corrected chi connectivity index (χ2v) is 6.10. The second kappa shape index (κ2) is 3.22. The highest BCUT2D eigenvalue weighted by molar-refractivity contribution is 7.89. The van der Waals surface area contributed by atoms with Crippen molar-refractivity contribution in [3.63, 3.8) is 0 Å². The molecule has 1 saturated heterocycles. The van der Waals surface area contributed by atoms with Crippen LogP contribution < -0.4 is 0 Å². The molecule has 13 heavy (non-hydrogen) atoms. The van der Waals surface area contributed by atoms with E-state index in [1.807, 2.05) is 0 Å². The molecule has 0 spiro atoms. The number of rotatable bonds is 4. The Morgan fingerprint density at radius 1 is 1.23 bits per heavy atom. The summed E-state index contributed by atoms with van der Waals surface area (Å²) in [7, 11) is -2.98. The van der Waals surface area contributed by atoms with Crippen LogP contribution in [0.4, 0.5) is 0 Å². The third-order valence-electron chi connectivity index (χ3n) is 2.72. The maximum absolute atomic E-state index is 11.6. The van der Waals surface area contributed by atoms with Crippen LogP contribution in [0.25, 0.3) is 0 Å². The van der Waals surface area contributed by atoms with Gasteiger partial charge in [-0.3, -0.25) is 0 Å². The molecule has 2 fully saturated rings.